The van der Waals surface area contributed by atoms with Gasteiger partial charge in [0, 0.05) is 10.6 Å². The lowest BCUT2D eigenvalue weighted by Gasteiger charge is -2.16. The average Bonchev–Trinajstić information content (AvgIpc) is 2.73. The number of H-pyrrole nitrogens is 1. The second-order valence-corrected chi connectivity index (χ2v) is 7.49. The Hall–Kier alpha value is -3.16. The lowest BCUT2D eigenvalue weighted by atomic mass is 10.1. The summed E-state index contributed by atoms with van der Waals surface area (Å²) >= 11 is 5.94. The van der Waals surface area contributed by atoms with E-state index in [0.717, 1.165) is 5.56 Å². The van der Waals surface area contributed by atoms with Gasteiger partial charge >= 0.3 is 11.7 Å². The number of aromatic amines is 1. The highest BCUT2D eigenvalue weighted by Crippen LogP contribution is 2.33. The summed E-state index contributed by atoms with van der Waals surface area (Å²) < 4.78 is 10.7. The number of carbonyl (C=O) groups is 1. The molecule has 0 radical (unpaired) electrons. The third-order valence-corrected chi connectivity index (χ3v) is 4.81. The van der Waals surface area contributed by atoms with Crippen molar-refractivity contribution in [3.63, 3.8) is 0 Å². The number of benzene rings is 2. The minimum absolute atomic E-state index is 0.0608. The molecule has 0 aliphatic carbocycles. The maximum Gasteiger partial charge on any atom is 0.345 e. The van der Waals surface area contributed by atoms with Crippen LogP contribution in [0.2, 0.25) is 5.02 Å². The van der Waals surface area contributed by atoms with Crippen molar-refractivity contribution in [1.82, 2.24) is 9.97 Å². The van der Waals surface area contributed by atoms with E-state index in [-0.39, 0.29) is 11.7 Å². The maximum atomic E-state index is 12.2. The Bertz CT molecular complexity index is 1110. The van der Waals surface area contributed by atoms with Gasteiger partial charge in [0.2, 0.25) is 0 Å². The van der Waals surface area contributed by atoms with Crippen LogP contribution in [0.3, 0.4) is 0 Å². The zero-order chi connectivity index (χ0) is 21.8. The van der Waals surface area contributed by atoms with Crippen LogP contribution in [0.1, 0.15) is 13.8 Å². The molecule has 1 atom stereocenters. The average molecular weight is 428 g/mol. The van der Waals surface area contributed by atoms with Gasteiger partial charge in [0.15, 0.2) is 11.5 Å². The topological polar surface area (TPSA) is 107 Å². The molecule has 3 N–H and O–H groups in total. The number of carbonyl (C=O) groups excluding carboxylic acids is 1. The molecule has 3 rings (SSSR count). The molecule has 7 nitrogen and oxygen atoms in total. The Morgan fingerprint density at radius 2 is 1.73 bits per heavy atom. The van der Waals surface area contributed by atoms with Crippen LogP contribution >= 0.6 is 11.6 Å². The molecule has 0 saturated carbocycles. The zero-order valence-corrected chi connectivity index (χ0v) is 17.6. The third kappa shape index (κ3) is 4.87. The molecule has 2 aromatic carbocycles. The number of rotatable bonds is 6. The highest BCUT2D eigenvalue weighted by Gasteiger charge is 2.21. The molecule has 1 heterocycles. The summed E-state index contributed by atoms with van der Waals surface area (Å²) in [5, 5.41) is 0.599. The highest BCUT2D eigenvalue weighted by molar-refractivity contribution is 6.30. The van der Waals surface area contributed by atoms with Gasteiger partial charge in [0.05, 0.1) is 18.5 Å². The van der Waals surface area contributed by atoms with Crippen LogP contribution in [-0.4, -0.2) is 29.1 Å². The summed E-state index contributed by atoms with van der Waals surface area (Å²) in [7, 11) is 1.46. The van der Waals surface area contributed by atoms with E-state index in [4.69, 9.17) is 26.8 Å². The molecule has 0 saturated heterocycles. The van der Waals surface area contributed by atoms with E-state index in [1.165, 1.54) is 7.11 Å². The summed E-state index contributed by atoms with van der Waals surface area (Å²) in [5.74, 6) is -0.0401. The van der Waals surface area contributed by atoms with Crippen LogP contribution < -0.4 is 20.9 Å². The van der Waals surface area contributed by atoms with E-state index in [1.54, 1.807) is 48.5 Å². The van der Waals surface area contributed by atoms with Crippen molar-refractivity contribution in [3.8, 4) is 34.0 Å². The number of nitrogens with zero attached hydrogens (tertiary/aromatic N) is 1. The summed E-state index contributed by atoms with van der Waals surface area (Å²) in [6, 6.07) is 13.0. The lowest BCUT2D eigenvalue weighted by Crippen LogP contribution is -2.38. The molecular formula is C22H22ClN3O4. The lowest BCUT2D eigenvalue weighted by molar-refractivity contribution is -0.136. The fourth-order valence-corrected chi connectivity index (χ4v) is 2.88. The molecule has 0 fully saturated rings. The molecule has 0 bridgehead atoms. The van der Waals surface area contributed by atoms with Gasteiger partial charge in [-0.3, -0.25) is 0 Å². The first-order valence-electron chi connectivity index (χ1n) is 9.31. The van der Waals surface area contributed by atoms with Crippen LogP contribution in [0.25, 0.3) is 22.5 Å². The fraction of sp³-hybridized carbons (Fsp3) is 0.227. The second-order valence-electron chi connectivity index (χ2n) is 7.05. The van der Waals surface area contributed by atoms with Gasteiger partial charge in [-0.2, -0.15) is 4.98 Å². The molecule has 0 amide bonds. The van der Waals surface area contributed by atoms with Gasteiger partial charge in [-0.15, -0.1) is 0 Å². The van der Waals surface area contributed by atoms with Gasteiger partial charge in [0.1, 0.15) is 6.04 Å². The van der Waals surface area contributed by atoms with Crippen LogP contribution in [0.4, 0.5) is 0 Å². The van der Waals surface area contributed by atoms with E-state index >= 15 is 0 Å². The smallest absolute Gasteiger partial charge is 0.345 e. The first-order valence-corrected chi connectivity index (χ1v) is 9.69. The van der Waals surface area contributed by atoms with E-state index in [9.17, 15) is 9.59 Å². The van der Waals surface area contributed by atoms with Gasteiger partial charge in [-0.05, 0) is 47.9 Å². The van der Waals surface area contributed by atoms with Gasteiger partial charge in [-0.1, -0.05) is 37.6 Å². The first kappa shape index (κ1) is 21.5. The molecule has 8 heteroatoms. The first-order chi connectivity index (χ1) is 14.3. The highest BCUT2D eigenvalue weighted by atomic mass is 35.5. The number of esters is 1. The number of hydrogen-bond acceptors (Lipinski definition) is 6. The number of nitrogens with two attached hydrogens (primary N) is 1. The fourth-order valence-electron chi connectivity index (χ4n) is 2.75. The Morgan fingerprint density at radius 1 is 1.07 bits per heavy atom. The Balaban J connectivity index is 1.95. The van der Waals surface area contributed by atoms with E-state index in [2.05, 4.69) is 9.97 Å². The number of methoxy groups -OCH3 is 1. The van der Waals surface area contributed by atoms with Crippen molar-refractivity contribution in [2.24, 2.45) is 11.7 Å². The number of nitrogens with one attached hydrogen (secondary N) is 1. The Labute approximate surface area is 178 Å². The van der Waals surface area contributed by atoms with Crippen molar-refractivity contribution < 1.29 is 14.3 Å². The summed E-state index contributed by atoms with van der Waals surface area (Å²) in [6.07, 6.45) is 0. The Morgan fingerprint density at radius 3 is 2.37 bits per heavy atom. The standard InChI is InChI=1S/C22H22ClN3O4/c1-12(2)20(24)21(27)30-18-9-6-14(10-19(18)29-3)17-11-16(25-22(28)26-17)13-4-7-15(23)8-5-13/h4-12,20H,24H2,1-3H3,(H,25,26,28). The van der Waals surface area contributed by atoms with Crippen molar-refractivity contribution >= 4 is 17.6 Å². The molecular weight excluding hydrogens is 406 g/mol. The molecule has 0 spiro atoms. The molecule has 156 valence electrons. The molecule has 1 aromatic heterocycles. The largest absolute Gasteiger partial charge is 0.493 e. The molecule has 30 heavy (non-hydrogen) atoms. The summed E-state index contributed by atoms with van der Waals surface area (Å²) in [6.45, 7) is 3.67. The molecule has 1 unspecified atom stereocenters. The minimum atomic E-state index is -0.745. The summed E-state index contributed by atoms with van der Waals surface area (Å²) in [4.78, 5) is 31.1. The minimum Gasteiger partial charge on any atom is -0.493 e. The molecule has 0 aliphatic rings. The van der Waals surface area contributed by atoms with Crippen molar-refractivity contribution in [2.45, 2.75) is 19.9 Å². The summed E-state index contributed by atoms with van der Waals surface area (Å²) in [5.41, 5.74) is 7.81. The molecule has 0 aliphatic heterocycles. The van der Waals surface area contributed by atoms with E-state index in [1.807, 2.05) is 13.8 Å². The maximum absolute atomic E-state index is 12.2. The second kappa shape index (κ2) is 9.11. The van der Waals surface area contributed by atoms with Crippen LogP contribution in [0, 0.1) is 5.92 Å². The number of aromatic nitrogens is 2. The van der Waals surface area contributed by atoms with Crippen LogP contribution in [-0.2, 0) is 4.79 Å². The van der Waals surface area contributed by atoms with Gasteiger partial charge in [0.25, 0.3) is 0 Å². The van der Waals surface area contributed by atoms with E-state index in [0.29, 0.717) is 27.7 Å². The predicted molar refractivity (Wildman–Crippen MR) is 116 cm³/mol. The quantitative estimate of drug-likeness (QED) is 0.459. The monoisotopic (exact) mass is 427 g/mol. The van der Waals surface area contributed by atoms with Crippen LogP contribution in [0.15, 0.2) is 53.3 Å². The number of ether oxygens (including phenoxy) is 2. The SMILES string of the molecule is COc1cc(-c2cc(-c3ccc(Cl)cc3)[nH]c(=O)n2)ccc1OC(=O)C(N)C(C)C. The van der Waals surface area contributed by atoms with E-state index < -0.39 is 17.7 Å². The van der Waals surface area contributed by atoms with Crippen molar-refractivity contribution in [2.75, 3.05) is 7.11 Å². The normalized spacial score (nSPS) is 11.9. The van der Waals surface area contributed by atoms with Crippen molar-refractivity contribution in [3.05, 3.63) is 64.0 Å². The third-order valence-electron chi connectivity index (χ3n) is 4.56. The number of hydrogen-bond donors (Lipinski definition) is 2. The van der Waals surface area contributed by atoms with Crippen LogP contribution in [0.5, 0.6) is 11.5 Å². The predicted octanol–water partition coefficient (Wildman–Crippen LogP) is 3.65. The zero-order valence-electron chi connectivity index (χ0n) is 16.8. The van der Waals surface area contributed by atoms with Crippen molar-refractivity contribution in [1.29, 1.82) is 0 Å². The van der Waals surface area contributed by atoms with Gasteiger partial charge < -0.3 is 20.2 Å². The molecule has 3 aromatic rings. The number of halogens is 1. The Kier molecular flexibility index (Phi) is 6.54. The van der Waals surface area contributed by atoms with Gasteiger partial charge in [-0.25, -0.2) is 9.59 Å².